The molecule has 2 unspecified atom stereocenters. The molecule has 2 aromatic heterocycles. The van der Waals surface area contributed by atoms with Crippen LogP contribution in [-0.4, -0.2) is 45.5 Å². The Morgan fingerprint density at radius 3 is 2.50 bits per heavy atom. The van der Waals surface area contributed by atoms with Gasteiger partial charge in [-0.2, -0.15) is 5.10 Å². The number of para-hydroxylation sites is 1. The van der Waals surface area contributed by atoms with Gasteiger partial charge >= 0.3 is 6.03 Å². The summed E-state index contributed by atoms with van der Waals surface area (Å²) in [5.74, 6) is -1.83. The highest BCUT2D eigenvalue weighted by Crippen LogP contribution is 2.39. The average Bonchev–Trinajstić information content (AvgIpc) is 3.25. The summed E-state index contributed by atoms with van der Waals surface area (Å²) in [5, 5.41) is 7.48. The summed E-state index contributed by atoms with van der Waals surface area (Å²) in [6.45, 7) is 2.47. The van der Waals surface area contributed by atoms with Crippen LogP contribution in [0.15, 0.2) is 48.7 Å². The lowest BCUT2D eigenvalue weighted by Gasteiger charge is -2.40. The van der Waals surface area contributed by atoms with Crippen LogP contribution in [0.5, 0.6) is 5.88 Å². The lowest BCUT2D eigenvalue weighted by molar-refractivity contribution is 0.240. The molecule has 2 atom stereocenters. The van der Waals surface area contributed by atoms with E-state index in [-0.39, 0.29) is 23.0 Å². The van der Waals surface area contributed by atoms with Crippen molar-refractivity contribution >= 4 is 22.8 Å². The molecule has 3 N–H and O–H groups in total. The first-order valence-corrected chi connectivity index (χ1v) is 11.5. The van der Waals surface area contributed by atoms with Crippen LogP contribution in [0.4, 0.5) is 19.3 Å². The first-order valence-electron chi connectivity index (χ1n) is 11.5. The Bertz CT molecular complexity index is 1430. The number of aromatic nitrogens is 4. The van der Waals surface area contributed by atoms with E-state index in [1.165, 1.54) is 7.11 Å². The minimum atomic E-state index is -1.01. The summed E-state index contributed by atoms with van der Waals surface area (Å²) < 4.78 is 35.2. The monoisotopic (exact) mass is 493 g/mol. The molecule has 0 radical (unpaired) electrons. The molecule has 2 amide bonds. The first kappa shape index (κ1) is 23.5. The van der Waals surface area contributed by atoms with Gasteiger partial charge in [0, 0.05) is 24.7 Å². The Kier molecular flexibility index (Phi) is 6.13. The third-order valence-electron chi connectivity index (χ3n) is 6.36. The molecule has 1 fully saturated rings. The molecule has 186 valence electrons. The number of fused-ring (bicyclic) bond motifs is 1. The van der Waals surface area contributed by atoms with Crippen molar-refractivity contribution in [2.45, 2.75) is 31.8 Å². The molecule has 0 aliphatic carbocycles. The van der Waals surface area contributed by atoms with Gasteiger partial charge in [-0.25, -0.2) is 28.2 Å². The van der Waals surface area contributed by atoms with Crippen molar-refractivity contribution in [3.05, 3.63) is 71.7 Å². The van der Waals surface area contributed by atoms with E-state index in [4.69, 9.17) is 15.6 Å². The van der Waals surface area contributed by atoms with Crippen LogP contribution in [0.2, 0.25) is 0 Å². The van der Waals surface area contributed by atoms with Gasteiger partial charge in [-0.1, -0.05) is 18.2 Å². The molecule has 1 saturated heterocycles. The highest BCUT2D eigenvalue weighted by atomic mass is 19.2. The van der Waals surface area contributed by atoms with Gasteiger partial charge in [-0.05, 0) is 31.9 Å². The van der Waals surface area contributed by atoms with E-state index in [1.807, 2.05) is 43.5 Å². The fraction of sp³-hybridized carbons (Fsp3) is 0.280. The van der Waals surface area contributed by atoms with Crippen molar-refractivity contribution in [2.75, 3.05) is 18.6 Å². The second-order valence-electron chi connectivity index (χ2n) is 8.69. The van der Waals surface area contributed by atoms with E-state index in [2.05, 4.69) is 20.2 Å². The molecular formula is C25H25F2N7O2. The zero-order valence-corrected chi connectivity index (χ0v) is 19.8. The number of nitrogens with two attached hydrogens (primary N) is 1. The number of piperidine rings is 1. The quantitative estimate of drug-likeness (QED) is 0.438. The Hall–Kier alpha value is -4.28. The van der Waals surface area contributed by atoms with Gasteiger partial charge in [0.2, 0.25) is 5.88 Å². The number of carbonyl (C=O) groups excluding carboxylic acids is 1. The first-order chi connectivity index (χ1) is 17.3. The number of benzene rings is 2. The van der Waals surface area contributed by atoms with Crippen molar-refractivity contribution in [3.63, 3.8) is 0 Å². The molecule has 0 saturated carbocycles. The number of rotatable bonds is 5. The second kappa shape index (κ2) is 9.40. The van der Waals surface area contributed by atoms with E-state index in [1.54, 1.807) is 4.68 Å². The number of anilines is 1. The summed E-state index contributed by atoms with van der Waals surface area (Å²) in [4.78, 5) is 22.8. The summed E-state index contributed by atoms with van der Waals surface area (Å²) >= 11 is 0. The molecule has 2 aromatic carbocycles. The van der Waals surface area contributed by atoms with Crippen molar-refractivity contribution in [2.24, 2.45) is 5.73 Å². The highest BCUT2D eigenvalue weighted by Gasteiger charge is 2.35. The Labute approximate surface area is 205 Å². The van der Waals surface area contributed by atoms with Gasteiger partial charge < -0.3 is 20.7 Å². The van der Waals surface area contributed by atoms with Crippen molar-refractivity contribution in [1.29, 1.82) is 0 Å². The number of methoxy groups -OCH3 is 1. The Morgan fingerprint density at radius 2 is 1.83 bits per heavy atom. The van der Waals surface area contributed by atoms with E-state index >= 15 is 0 Å². The van der Waals surface area contributed by atoms with Crippen LogP contribution in [0.25, 0.3) is 16.7 Å². The van der Waals surface area contributed by atoms with E-state index in [0.717, 1.165) is 29.2 Å². The van der Waals surface area contributed by atoms with Crippen LogP contribution >= 0.6 is 0 Å². The standard InChI is InChI=1S/C25H25F2N7O2/c1-14-22(13-34(32-14)16-6-4-3-5-7-16)33-9-8-15(29-25(28)35)10-21(33)23-24(36-2)31-20-12-18(27)17(26)11-19(20)30-23/h3-7,11-13,15,21H,8-10H2,1-2H3,(H3,28,29,35). The summed E-state index contributed by atoms with van der Waals surface area (Å²) in [6, 6.07) is 10.5. The molecule has 0 bridgehead atoms. The molecule has 9 nitrogen and oxygen atoms in total. The fourth-order valence-electron chi connectivity index (χ4n) is 4.71. The number of nitrogens with zero attached hydrogens (tertiary/aromatic N) is 5. The van der Waals surface area contributed by atoms with Gasteiger partial charge in [0.25, 0.3) is 0 Å². The number of carbonyl (C=O) groups is 1. The van der Waals surface area contributed by atoms with Gasteiger partial charge in [-0.15, -0.1) is 0 Å². The third-order valence-corrected chi connectivity index (χ3v) is 6.36. The van der Waals surface area contributed by atoms with Crippen LogP contribution in [-0.2, 0) is 0 Å². The van der Waals surface area contributed by atoms with Crippen LogP contribution < -0.4 is 20.7 Å². The number of halogens is 2. The minimum Gasteiger partial charge on any atom is -0.480 e. The molecule has 1 aliphatic heterocycles. The molecule has 4 aromatic rings. The van der Waals surface area contributed by atoms with Crippen molar-refractivity contribution in [1.82, 2.24) is 25.1 Å². The van der Waals surface area contributed by atoms with E-state index in [0.29, 0.717) is 25.1 Å². The molecule has 1 aliphatic rings. The van der Waals surface area contributed by atoms with Crippen LogP contribution in [0.1, 0.15) is 30.3 Å². The molecule has 0 spiro atoms. The maximum Gasteiger partial charge on any atom is 0.312 e. The van der Waals surface area contributed by atoms with Crippen molar-refractivity contribution in [3.8, 4) is 11.6 Å². The van der Waals surface area contributed by atoms with Gasteiger partial charge in [0.15, 0.2) is 11.6 Å². The number of urea groups is 1. The second-order valence-corrected chi connectivity index (χ2v) is 8.69. The number of nitrogens with one attached hydrogen (secondary N) is 1. The highest BCUT2D eigenvalue weighted by molar-refractivity contribution is 5.75. The fourth-order valence-corrected chi connectivity index (χ4v) is 4.71. The van der Waals surface area contributed by atoms with Crippen LogP contribution in [0.3, 0.4) is 0 Å². The SMILES string of the molecule is COc1nc2cc(F)c(F)cc2nc1C1CC(NC(N)=O)CCN1c1cn(-c2ccccc2)nc1C. The van der Waals surface area contributed by atoms with Gasteiger partial charge in [0.05, 0.1) is 47.5 Å². The zero-order valence-electron chi connectivity index (χ0n) is 19.8. The predicted octanol–water partition coefficient (Wildman–Crippen LogP) is 3.79. The number of ether oxygens (including phenoxy) is 1. The van der Waals surface area contributed by atoms with Gasteiger partial charge in [0.1, 0.15) is 5.69 Å². The van der Waals surface area contributed by atoms with E-state index in [9.17, 15) is 13.6 Å². The largest absolute Gasteiger partial charge is 0.480 e. The van der Waals surface area contributed by atoms with Crippen molar-refractivity contribution < 1.29 is 18.3 Å². The Morgan fingerprint density at radius 1 is 1.14 bits per heavy atom. The number of aryl methyl sites for hydroxylation is 1. The lowest BCUT2D eigenvalue weighted by atomic mass is 9.94. The minimum absolute atomic E-state index is 0.178. The summed E-state index contributed by atoms with van der Waals surface area (Å²) in [7, 11) is 1.45. The zero-order chi connectivity index (χ0) is 25.4. The third kappa shape index (κ3) is 4.39. The molecule has 36 heavy (non-hydrogen) atoms. The molecule has 5 rings (SSSR count). The van der Waals surface area contributed by atoms with Gasteiger partial charge in [-0.3, -0.25) is 0 Å². The number of amides is 2. The Balaban J connectivity index is 1.61. The smallest absolute Gasteiger partial charge is 0.312 e. The maximum atomic E-state index is 14.0. The van der Waals surface area contributed by atoms with Crippen LogP contribution in [0, 0.1) is 18.6 Å². The van der Waals surface area contributed by atoms with E-state index < -0.39 is 23.7 Å². The topological polar surface area (TPSA) is 111 Å². The predicted molar refractivity (Wildman–Crippen MR) is 130 cm³/mol. The number of hydrogen-bond acceptors (Lipinski definition) is 6. The summed E-state index contributed by atoms with van der Waals surface area (Å²) in [5.41, 5.74) is 8.80. The number of primary amides is 1. The average molecular weight is 494 g/mol. The molecule has 3 heterocycles. The molecular weight excluding hydrogens is 468 g/mol. The summed E-state index contributed by atoms with van der Waals surface area (Å²) in [6.07, 6.45) is 3.02. The normalized spacial score (nSPS) is 17.8. The number of hydrogen-bond donors (Lipinski definition) is 2. The molecule has 11 heteroatoms. The lowest BCUT2D eigenvalue weighted by Crippen LogP contribution is -2.48. The maximum absolute atomic E-state index is 14.0.